The number of fused-ring (bicyclic) bond motifs is 1. The molecule has 0 bridgehead atoms. The summed E-state index contributed by atoms with van der Waals surface area (Å²) in [5.74, 6) is -0.747. The van der Waals surface area contributed by atoms with Crippen LogP contribution in [0.5, 0.6) is 5.75 Å². The van der Waals surface area contributed by atoms with Crippen LogP contribution in [0.1, 0.15) is 36.1 Å². The van der Waals surface area contributed by atoms with Crippen molar-refractivity contribution in [2.45, 2.75) is 38.5 Å². The summed E-state index contributed by atoms with van der Waals surface area (Å²) in [6.07, 6.45) is 6.65. The maximum atomic E-state index is 13.2. The van der Waals surface area contributed by atoms with Gasteiger partial charge in [0.15, 0.2) is 0 Å². The number of ether oxygens (including phenoxy) is 1. The minimum absolute atomic E-state index is 0.0555. The summed E-state index contributed by atoms with van der Waals surface area (Å²) in [4.78, 5) is 31.9. The molecule has 2 unspecified atom stereocenters. The summed E-state index contributed by atoms with van der Waals surface area (Å²) in [6, 6.07) is 11.7. The zero-order chi connectivity index (χ0) is 23.8. The van der Waals surface area contributed by atoms with Crippen LogP contribution in [0.15, 0.2) is 66.8 Å². The van der Waals surface area contributed by atoms with Gasteiger partial charge < -0.3 is 19.3 Å². The Labute approximate surface area is 202 Å². The maximum Gasteiger partial charge on any atom is 0.295 e. The zero-order valence-corrected chi connectivity index (χ0v) is 19.4. The molecule has 3 aromatic rings. The molecule has 0 aliphatic carbocycles. The predicted molar refractivity (Wildman–Crippen MR) is 128 cm³/mol. The highest BCUT2D eigenvalue weighted by atomic mass is 35.5. The quantitative estimate of drug-likeness (QED) is 0.324. The molecule has 3 heterocycles. The highest BCUT2D eigenvalue weighted by molar-refractivity contribution is 6.46. The summed E-state index contributed by atoms with van der Waals surface area (Å²) in [5, 5.41) is 11.8. The van der Waals surface area contributed by atoms with Crippen LogP contribution in [0.25, 0.3) is 5.76 Å². The van der Waals surface area contributed by atoms with E-state index >= 15 is 0 Å². The van der Waals surface area contributed by atoms with Gasteiger partial charge in [-0.1, -0.05) is 23.7 Å². The number of benzene rings is 2. The van der Waals surface area contributed by atoms with Gasteiger partial charge in [0.2, 0.25) is 0 Å². The van der Waals surface area contributed by atoms with E-state index < -0.39 is 17.7 Å². The first kappa shape index (κ1) is 22.2. The van der Waals surface area contributed by atoms with Gasteiger partial charge in [-0.15, -0.1) is 0 Å². The first-order valence-corrected chi connectivity index (χ1v) is 11.6. The second kappa shape index (κ2) is 8.99. The second-order valence-electron chi connectivity index (χ2n) is 8.66. The maximum absolute atomic E-state index is 13.2. The summed E-state index contributed by atoms with van der Waals surface area (Å²) in [7, 11) is 0. The van der Waals surface area contributed by atoms with Gasteiger partial charge in [0.25, 0.3) is 11.7 Å². The number of imidazole rings is 1. The molecule has 34 heavy (non-hydrogen) atoms. The number of aliphatic hydroxyl groups excluding tert-OH is 1. The third-order valence-corrected chi connectivity index (χ3v) is 6.48. The van der Waals surface area contributed by atoms with Crippen molar-refractivity contribution in [3.63, 3.8) is 0 Å². The van der Waals surface area contributed by atoms with Crippen molar-refractivity contribution in [2.24, 2.45) is 0 Å². The Morgan fingerprint density at radius 1 is 1.21 bits per heavy atom. The number of carbonyl (C=O) groups excluding carboxylic acids is 2. The largest absolute Gasteiger partial charge is 0.507 e. The van der Waals surface area contributed by atoms with Crippen molar-refractivity contribution >= 4 is 29.1 Å². The number of hydrogen-bond donors (Lipinski definition) is 1. The van der Waals surface area contributed by atoms with Gasteiger partial charge in [-0.2, -0.15) is 0 Å². The summed E-state index contributed by atoms with van der Waals surface area (Å²) in [6.45, 7) is 2.97. The van der Waals surface area contributed by atoms with E-state index in [1.807, 2.05) is 29.8 Å². The number of Topliss-reactive ketones (excluding diaryl/α,β-unsaturated/α-hetero) is 1. The van der Waals surface area contributed by atoms with Crippen molar-refractivity contribution < 1.29 is 19.4 Å². The van der Waals surface area contributed by atoms with E-state index in [1.165, 1.54) is 4.90 Å². The number of aromatic nitrogens is 2. The number of amides is 1. The molecule has 8 heteroatoms. The first-order valence-electron chi connectivity index (χ1n) is 11.2. The predicted octanol–water partition coefficient (Wildman–Crippen LogP) is 4.37. The van der Waals surface area contributed by atoms with Gasteiger partial charge in [0.1, 0.15) is 17.6 Å². The number of carbonyl (C=O) groups is 2. The van der Waals surface area contributed by atoms with Crippen LogP contribution in [0.4, 0.5) is 0 Å². The van der Waals surface area contributed by atoms with Crippen LogP contribution >= 0.6 is 11.6 Å². The van der Waals surface area contributed by atoms with Crippen molar-refractivity contribution in [1.29, 1.82) is 0 Å². The number of rotatable bonds is 6. The standard InChI is InChI=1S/C26H24ClN3O4/c1-16-12-19-13-18(6-7-21(19)34-16)24(31)22-23(17-4-2-5-20(27)14-17)30(26(33)25(22)32)10-3-9-29-11-8-28-15-29/h2,4-8,11,13-16,23,31H,3,9-10,12H2,1H3/b24-22-. The van der Waals surface area contributed by atoms with Crippen LogP contribution in [0.2, 0.25) is 5.02 Å². The van der Waals surface area contributed by atoms with E-state index in [9.17, 15) is 14.7 Å². The van der Waals surface area contributed by atoms with Gasteiger partial charge in [0.05, 0.1) is 17.9 Å². The fourth-order valence-electron chi connectivity index (χ4n) is 4.70. The SMILES string of the molecule is CC1Cc2cc(/C(O)=C3/C(=O)C(=O)N(CCCn4ccnc4)C3c3cccc(Cl)c3)ccc2O1. The average molecular weight is 478 g/mol. The highest BCUT2D eigenvalue weighted by Gasteiger charge is 2.46. The summed E-state index contributed by atoms with van der Waals surface area (Å²) < 4.78 is 7.67. The number of aryl methyl sites for hydroxylation is 1. The molecule has 2 aliphatic rings. The number of aliphatic hydroxyl groups is 1. The molecule has 0 spiro atoms. The zero-order valence-electron chi connectivity index (χ0n) is 18.6. The van der Waals surface area contributed by atoms with Crippen LogP contribution in [0, 0.1) is 0 Å². The molecule has 2 aliphatic heterocycles. The molecule has 1 saturated heterocycles. The van der Waals surface area contributed by atoms with Gasteiger partial charge in [0, 0.05) is 42.5 Å². The third kappa shape index (κ3) is 4.07. The molecular formula is C26H24ClN3O4. The molecule has 7 nitrogen and oxygen atoms in total. The fraction of sp³-hybridized carbons (Fsp3) is 0.269. The van der Waals surface area contributed by atoms with Crippen LogP contribution in [0.3, 0.4) is 0 Å². The van der Waals surface area contributed by atoms with E-state index in [1.54, 1.807) is 42.9 Å². The molecule has 1 aromatic heterocycles. The van der Waals surface area contributed by atoms with Gasteiger partial charge in [-0.25, -0.2) is 4.98 Å². The third-order valence-electron chi connectivity index (χ3n) is 6.25. The Bertz CT molecular complexity index is 1280. The number of ketones is 1. The molecule has 2 atom stereocenters. The molecule has 174 valence electrons. The monoisotopic (exact) mass is 477 g/mol. The molecule has 1 N–H and O–H groups in total. The van der Waals surface area contributed by atoms with Crippen molar-refractivity contribution in [3.8, 4) is 5.75 Å². The molecule has 5 rings (SSSR count). The first-order chi connectivity index (χ1) is 16.4. The second-order valence-corrected chi connectivity index (χ2v) is 9.09. The summed E-state index contributed by atoms with van der Waals surface area (Å²) >= 11 is 6.25. The lowest BCUT2D eigenvalue weighted by Gasteiger charge is -2.25. The van der Waals surface area contributed by atoms with Crippen molar-refractivity contribution in [3.05, 3.63) is 88.5 Å². The Hall–Kier alpha value is -3.58. The van der Waals surface area contributed by atoms with Gasteiger partial charge in [-0.3, -0.25) is 9.59 Å². The van der Waals surface area contributed by atoms with Crippen LogP contribution in [-0.2, 0) is 22.6 Å². The topological polar surface area (TPSA) is 84.7 Å². The Kier molecular flexibility index (Phi) is 5.87. The van der Waals surface area contributed by atoms with Crippen LogP contribution in [-0.4, -0.2) is 43.9 Å². The molecule has 1 amide bonds. The number of halogens is 1. The highest BCUT2D eigenvalue weighted by Crippen LogP contribution is 2.41. The van der Waals surface area contributed by atoms with Gasteiger partial charge in [-0.05, 0) is 54.8 Å². The smallest absolute Gasteiger partial charge is 0.295 e. The van der Waals surface area contributed by atoms with E-state index in [0.717, 1.165) is 17.7 Å². The lowest BCUT2D eigenvalue weighted by Crippen LogP contribution is -2.31. The Morgan fingerprint density at radius 2 is 2.06 bits per heavy atom. The average Bonchev–Trinajstić information content (AvgIpc) is 3.52. The lowest BCUT2D eigenvalue weighted by atomic mass is 9.94. The number of hydrogen-bond acceptors (Lipinski definition) is 5. The minimum atomic E-state index is -0.732. The molecule has 1 fully saturated rings. The van der Waals surface area contributed by atoms with Crippen molar-refractivity contribution in [2.75, 3.05) is 6.54 Å². The molecule has 2 aromatic carbocycles. The summed E-state index contributed by atoms with van der Waals surface area (Å²) in [5.41, 5.74) is 2.20. The molecular weight excluding hydrogens is 454 g/mol. The fourth-order valence-corrected chi connectivity index (χ4v) is 4.90. The Balaban J connectivity index is 1.53. The molecule has 0 saturated carbocycles. The number of nitrogens with zero attached hydrogens (tertiary/aromatic N) is 3. The normalized spacial score (nSPS) is 21.1. The van der Waals surface area contributed by atoms with Crippen LogP contribution < -0.4 is 4.74 Å². The van der Waals surface area contributed by atoms with Crippen molar-refractivity contribution in [1.82, 2.24) is 14.5 Å². The number of likely N-dealkylation sites (tertiary alicyclic amines) is 1. The molecule has 0 radical (unpaired) electrons. The van der Waals surface area contributed by atoms with Gasteiger partial charge >= 0.3 is 0 Å². The van der Waals surface area contributed by atoms with E-state index in [4.69, 9.17) is 16.3 Å². The van der Waals surface area contributed by atoms with E-state index in [0.29, 0.717) is 35.7 Å². The van der Waals surface area contributed by atoms with E-state index in [2.05, 4.69) is 4.98 Å². The minimum Gasteiger partial charge on any atom is -0.507 e. The Morgan fingerprint density at radius 3 is 2.82 bits per heavy atom. The van der Waals surface area contributed by atoms with E-state index in [-0.39, 0.29) is 17.4 Å². The lowest BCUT2D eigenvalue weighted by molar-refractivity contribution is -0.139.